The predicted octanol–water partition coefficient (Wildman–Crippen LogP) is 3.51. The molecule has 3 atom stereocenters. The number of thioether (sulfide) groups is 1. The van der Waals surface area contributed by atoms with Gasteiger partial charge in [0.05, 0.1) is 11.8 Å². The van der Waals surface area contributed by atoms with Crippen molar-refractivity contribution in [2.24, 2.45) is 11.8 Å². The fraction of sp³-hybridized carbons (Fsp3) is 0.857. The molecule has 1 aliphatic heterocycles. The van der Waals surface area contributed by atoms with Crippen LogP contribution in [0.25, 0.3) is 0 Å². The normalized spacial score (nSPS) is 28.4. The zero-order chi connectivity index (χ0) is 19.2. The van der Waals surface area contributed by atoms with E-state index in [4.69, 9.17) is 0 Å². The van der Waals surface area contributed by atoms with Crippen LogP contribution in [-0.4, -0.2) is 46.7 Å². The number of hydrogen-bond acceptors (Lipinski definition) is 4. The van der Waals surface area contributed by atoms with Gasteiger partial charge in [0, 0.05) is 6.04 Å². The highest BCUT2D eigenvalue weighted by molar-refractivity contribution is 7.98. The molecular weight excluding hydrogens is 360 g/mol. The number of rotatable bonds is 6. The van der Waals surface area contributed by atoms with E-state index in [0.717, 1.165) is 57.1 Å². The summed E-state index contributed by atoms with van der Waals surface area (Å²) in [6, 6.07) is -0.446. The maximum atomic E-state index is 13.1. The lowest BCUT2D eigenvalue weighted by Gasteiger charge is -2.29. The fourth-order valence-electron chi connectivity index (χ4n) is 5.00. The summed E-state index contributed by atoms with van der Waals surface area (Å²) in [5, 5.41) is 3.20. The second kappa shape index (κ2) is 9.94. The molecule has 5 nitrogen and oxygen atoms in total. The number of nitrogens with one attached hydrogen (secondary N) is 1. The molecule has 152 valence electrons. The van der Waals surface area contributed by atoms with Crippen LogP contribution in [0.2, 0.25) is 0 Å². The van der Waals surface area contributed by atoms with Gasteiger partial charge in [-0.15, -0.1) is 0 Å². The lowest BCUT2D eigenvalue weighted by molar-refractivity contribution is -0.148. The number of fused-ring (bicyclic) bond motifs is 1. The molecule has 3 rings (SSSR count). The van der Waals surface area contributed by atoms with Crippen molar-refractivity contribution < 1.29 is 14.4 Å². The Hall–Kier alpha value is -1.04. The highest BCUT2D eigenvalue weighted by Gasteiger charge is 2.51. The first-order valence-electron chi connectivity index (χ1n) is 10.8. The number of amides is 3. The summed E-state index contributed by atoms with van der Waals surface area (Å²) < 4.78 is 0. The summed E-state index contributed by atoms with van der Waals surface area (Å²) in [5.41, 5.74) is 0. The van der Waals surface area contributed by atoms with Crippen LogP contribution >= 0.6 is 11.8 Å². The van der Waals surface area contributed by atoms with Crippen LogP contribution in [0.1, 0.15) is 77.0 Å². The zero-order valence-corrected chi connectivity index (χ0v) is 17.4. The van der Waals surface area contributed by atoms with Crippen molar-refractivity contribution in [3.63, 3.8) is 0 Å². The van der Waals surface area contributed by atoms with Gasteiger partial charge < -0.3 is 5.32 Å². The molecule has 1 heterocycles. The highest BCUT2D eigenvalue weighted by atomic mass is 32.2. The Kier molecular flexibility index (Phi) is 7.62. The van der Waals surface area contributed by atoms with E-state index < -0.39 is 6.04 Å². The third-order valence-corrected chi connectivity index (χ3v) is 7.18. The molecule has 3 aliphatic rings. The quantitative estimate of drug-likeness (QED) is 0.700. The molecule has 27 heavy (non-hydrogen) atoms. The van der Waals surface area contributed by atoms with Gasteiger partial charge >= 0.3 is 0 Å². The van der Waals surface area contributed by atoms with Gasteiger partial charge in [-0.05, 0) is 44.1 Å². The first-order chi connectivity index (χ1) is 13.1. The molecule has 1 saturated heterocycles. The van der Waals surface area contributed by atoms with Crippen LogP contribution in [0.5, 0.6) is 0 Å². The molecular formula is C21H34N2O3S. The number of likely N-dealkylation sites (tertiary alicyclic amines) is 1. The Bertz CT molecular complexity index is 522. The zero-order valence-electron chi connectivity index (χ0n) is 16.6. The summed E-state index contributed by atoms with van der Waals surface area (Å²) in [6.45, 7) is 0. The van der Waals surface area contributed by atoms with E-state index in [-0.39, 0.29) is 35.6 Å². The molecule has 0 aromatic rings. The lowest BCUT2D eigenvalue weighted by Crippen LogP contribution is -2.52. The van der Waals surface area contributed by atoms with Crippen LogP contribution in [0, 0.1) is 11.8 Å². The molecule has 3 fully saturated rings. The van der Waals surface area contributed by atoms with Gasteiger partial charge in [-0.3, -0.25) is 19.3 Å². The minimum atomic E-state index is -0.631. The standard InChI is InChI=1S/C21H34N2O3S/c1-27-14-13-18(19(24)22-15-9-5-3-2-4-6-10-15)23-20(25)16-11-7-8-12-17(16)21(23)26/h15-18H,2-14H2,1H3,(H,22,24). The lowest BCUT2D eigenvalue weighted by atomic mass is 9.81. The molecule has 1 N–H and O–H groups in total. The second-order valence-corrected chi connectivity index (χ2v) is 9.38. The van der Waals surface area contributed by atoms with Crippen LogP contribution < -0.4 is 5.32 Å². The molecule has 2 aliphatic carbocycles. The second-order valence-electron chi connectivity index (χ2n) is 8.39. The Balaban J connectivity index is 1.71. The van der Waals surface area contributed by atoms with E-state index >= 15 is 0 Å². The van der Waals surface area contributed by atoms with Crippen molar-refractivity contribution >= 4 is 29.5 Å². The van der Waals surface area contributed by atoms with E-state index in [1.807, 2.05) is 6.26 Å². The topological polar surface area (TPSA) is 66.5 Å². The summed E-state index contributed by atoms with van der Waals surface area (Å²) >= 11 is 1.66. The van der Waals surface area contributed by atoms with Crippen LogP contribution in [0.4, 0.5) is 0 Å². The monoisotopic (exact) mass is 394 g/mol. The van der Waals surface area contributed by atoms with Crippen molar-refractivity contribution in [2.75, 3.05) is 12.0 Å². The van der Waals surface area contributed by atoms with Crippen LogP contribution in [-0.2, 0) is 14.4 Å². The molecule has 0 spiro atoms. The Morgan fingerprint density at radius 2 is 1.48 bits per heavy atom. The molecule has 0 radical (unpaired) electrons. The van der Waals surface area contributed by atoms with Crippen LogP contribution in [0.15, 0.2) is 0 Å². The summed E-state index contributed by atoms with van der Waals surface area (Å²) in [7, 11) is 0. The van der Waals surface area contributed by atoms with Gasteiger partial charge in [-0.1, -0.05) is 44.9 Å². The van der Waals surface area contributed by atoms with Crippen molar-refractivity contribution in [1.82, 2.24) is 10.2 Å². The average Bonchev–Trinajstić information content (AvgIpc) is 2.90. The number of imide groups is 1. The third kappa shape index (κ3) is 4.87. The van der Waals surface area contributed by atoms with Gasteiger partial charge in [0.1, 0.15) is 6.04 Å². The number of nitrogens with zero attached hydrogens (tertiary/aromatic N) is 1. The summed E-state index contributed by atoms with van der Waals surface area (Å²) in [6.07, 6.45) is 14.2. The van der Waals surface area contributed by atoms with E-state index in [1.54, 1.807) is 11.8 Å². The van der Waals surface area contributed by atoms with Crippen molar-refractivity contribution in [1.29, 1.82) is 0 Å². The summed E-state index contributed by atoms with van der Waals surface area (Å²) in [4.78, 5) is 40.4. The molecule has 0 aromatic carbocycles. The van der Waals surface area contributed by atoms with E-state index in [1.165, 1.54) is 24.2 Å². The number of carbonyl (C=O) groups is 3. The van der Waals surface area contributed by atoms with Crippen molar-refractivity contribution in [3.05, 3.63) is 0 Å². The molecule has 3 amide bonds. The SMILES string of the molecule is CSCCC(C(=O)NC1CCCCCCC1)N1C(=O)C2CCCCC2C1=O. The van der Waals surface area contributed by atoms with Gasteiger partial charge in [-0.25, -0.2) is 0 Å². The largest absolute Gasteiger partial charge is 0.352 e. The Morgan fingerprint density at radius 1 is 0.963 bits per heavy atom. The fourth-order valence-corrected chi connectivity index (χ4v) is 5.46. The van der Waals surface area contributed by atoms with Crippen molar-refractivity contribution in [3.8, 4) is 0 Å². The highest BCUT2D eigenvalue weighted by Crippen LogP contribution is 2.39. The van der Waals surface area contributed by atoms with Crippen molar-refractivity contribution in [2.45, 2.75) is 89.1 Å². The summed E-state index contributed by atoms with van der Waals surface area (Å²) in [5.74, 6) is 0.103. The molecule has 2 saturated carbocycles. The van der Waals surface area contributed by atoms with Gasteiger partial charge in [0.2, 0.25) is 17.7 Å². The molecule has 3 unspecified atom stereocenters. The minimum absolute atomic E-state index is 0.0939. The van der Waals surface area contributed by atoms with E-state index in [0.29, 0.717) is 6.42 Å². The maximum absolute atomic E-state index is 13.1. The molecule has 6 heteroatoms. The smallest absolute Gasteiger partial charge is 0.243 e. The first kappa shape index (κ1) is 20.7. The Morgan fingerprint density at radius 3 is 2.04 bits per heavy atom. The Labute approximate surface area is 167 Å². The van der Waals surface area contributed by atoms with E-state index in [9.17, 15) is 14.4 Å². The maximum Gasteiger partial charge on any atom is 0.243 e. The molecule has 0 aromatic heterocycles. The minimum Gasteiger partial charge on any atom is -0.352 e. The predicted molar refractivity (Wildman–Crippen MR) is 108 cm³/mol. The molecule has 0 bridgehead atoms. The average molecular weight is 395 g/mol. The number of carbonyl (C=O) groups excluding carboxylic acids is 3. The van der Waals surface area contributed by atoms with Crippen LogP contribution in [0.3, 0.4) is 0 Å². The number of hydrogen-bond donors (Lipinski definition) is 1. The van der Waals surface area contributed by atoms with Gasteiger partial charge in [0.25, 0.3) is 0 Å². The van der Waals surface area contributed by atoms with Gasteiger partial charge in [0.15, 0.2) is 0 Å². The van der Waals surface area contributed by atoms with Gasteiger partial charge in [-0.2, -0.15) is 11.8 Å². The third-order valence-electron chi connectivity index (χ3n) is 6.54. The first-order valence-corrected chi connectivity index (χ1v) is 12.2. The van der Waals surface area contributed by atoms with E-state index in [2.05, 4.69) is 5.32 Å².